The number of benzene rings is 1. The summed E-state index contributed by atoms with van der Waals surface area (Å²) in [4.78, 5) is 0.164. The number of hydrogen-bond acceptors (Lipinski definition) is 5. The van der Waals surface area contributed by atoms with Gasteiger partial charge in [0.25, 0.3) is 20.2 Å². The summed E-state index contributed by atoms with van der Waals surface area (Å²) in [6, 6.07) is 8.00. The normalized spacial score (nSPS) is 11.3. The fourth-order valence-corrected chi connectivity index (χ4v) is 2.47. The van der Waals surface area contributed by atoms with Crippen LogP contribution in [0.25, 0.3) is 0 Å². The lowest BCUT2D eigenvalue weighted by Crippen LogP contribution is -2.05. The van der Waals surface area contributed by atoms with Gasteiger partial charge in [0.15, 0.2) is 0 Å². The van der Waals surface area contributed by atoms with Gasteiger partial charge in [0.2, 0.25) is 0 Å². The van der Waals surface area contributed by atoms with Gasteiger partial charge >= 0.3 is 0 Å². The monoisotopic (exact) mass is 322 g/mol. The van der Waals surface area contributed by atoms with Crippen LogP contribution in [-0.4, -0.2) is 33.7 Å². The van der Waals surface area contributed by atoms with Crippen molar-refractivity contribution in [3.63, 3.8) is 0 Å². The maximum Gasteiger partial charge on any atom is 0.297 e. The first-order chi connectivity index (χ1) is 9.23. The highest BCUT2D eigenvalue weighted by atomic mass is 32.2. The summed E-state index contributed by atoms with van der Waals surface area (Å²) in [6.45, 7) is 5.05. The minimum Gasteiger partial charge on any atom is -0.286 e. The summed E-state index contributed by atoms with van der Waals surface area (Å²) < 4.78 is 54.8. The Labute approximate surface area is 120 Å². The van der Waals surface area contributed by atoms with Gasteiger partial charge in [-0.15, -0.1) is 6.58 Å². The third kappa shape index (κ3) is 8.81. The van der Waals surface area contributed by atoms with E-state index in [0.29, 0.717) is 6.42 Å². The third-order valence-electron chi connectivity index (χ3n) is 1.84. The minimum absolute atomic E-state index is 0.00275. The smallest absolute Gasteiger partial charge is 0.286 e. The molecule has 0 atom stereocenters. The zero-order valence-corrected chi connectivity index (χ0v) is 12.7. The maximum atomic E-state index is 11.3. The lowest BCUT2D eigenvalue weighted by atomic mass is 10.4. The lowest BCUT2D eigenvalue weighted by molar-refractivity contribution is 0.357. The number of rotatable bonds is 6. The zero-order chi connectivity index (χ0) is 15.6. The molecule has 0 aliphatic rings. The van der Waals surface area contributed by atoms with Crippen LogP contribution in [0.3, 0.4) is 0 Å². The highest BCUT2D eigenvalue weighted by Gasteiger charge is 2.12. The first-order valence-corrected chi connectivity index (χ1v) is 8.75. The first-order valence-electron chi connectivity index (χ1n) is 5.73. The Morgan fingerprint density at radius 2 is 1.75 bits per heavy atom. The quantitative estimate of drug-likeness (QED) is 0.488. The molecule has 0 bridgehead atoms. The molecule has 0 amide bonds. The van der Waals surface area contributed by atoms with Crippen LogP contribution in [0.1, 0.15) is 13.3 Å². The van der Waals surface area contributed by atoms with Gasteiger partial charge in [0, 0.05) is 0 Å². The van der Waals surface area contributed by atoms with Crippen molar-refractivity contribution in [3.8, 4) is 0 Å². The molecule has 0 spiro atoms. The van der Waals surface area contributed by atoms with Gasteiger partial charge in [-0.05, 0) is 18.6 Å². The summed E-state index contributed by atoms with van der Waals surface area (Å²) >= 11 is 0. The molecule has 0 unspecified atom stereocenters. The molecule has 0 aliphatic heterocycles. The molecule has 1 aromatic rings. The lowest BCUT2D eigenvalue weighted by Gasteiger charge is -2.01. The Hall–Kier alpha value is -1.22. The standard InChI is InChI=1S/C9H10O3S.C3H8O3S/c1-2-8-12-13(10,11)9-6-4-3-5-7-9;1-2-3-7(4,5)6/h2-7H,1,8H2;2-3H2,1H3,(H,4,5,6). The van der Waals surface area contributed by atoms with Gasteiger partial charge in [0.1, 0.15) is 0 Å². The van der Waals surface area contributed by atoms with Gasteiger partial charge in [0.05, 0.1) is 17.3 Å². The van der Waals surface area contributed by atoms with Crippen molar-refractivity contribution in [2.75, 3.05) is 12.4 Å². The van der Waals surface area contributed by atoms with Crippen LogP contribution < -0.4 is 0 Å². The Kier molecular flexibility index (Phi) is 8.31. The van der Waals surface area contributed by atoms with Gasteiger partial charge in [-0.2, -0.15) is 16.8 Å². The Morgan fingerprint density at radius 3 is 2.10 bits per heavy atom. The molecule has 0 saturated carbocycles. The number of hydrogen-bond donors (Lipinski definition) is 1. The van der Waals surface area contributed by atoms with E-state index in [-0.39, 0.29) is 17.3 Å². The van der Waals surface area contributed by atoms with Crippen molar-refractivity contribution in [1.29, 1.82) is 0 Å². The SMILES string of the molecule is C=CCOS(=O)(=O)c1ccccc1.CCCS(=O)(=O)O. The average Bonchev–Trinajstić information content (AvgIpc) is 2.37. The molecule has 1 aromatic carbocycles. The van der Waals surface area contributed by atoms with Gasteiger partial charge < -0.3 is 0 Å². The Morgan fingerprint density at radius 1 is 1.20 bits per heavy atom. The molecular formula is C12H18O6S2. The molecular weight excluding hydrogens is 304 g/mol. The summed E-state index contributed by atoms with van der Waals surface area (Å²) in [7, 11) is -7.27. The molecule has 0 fully saturated rings. The average molecular weight is 322 g/mol. The summed E-state index contributed by atoms with van der Waals surface area (Å²) in [5.74, 6) is -0.132. The first kappa shape index (κ1) is 18.8. The molecule has 0 aliphatic carbocycles. The molecule has 8 heteroatoms. The molecule has 1 rings (SSSR count). The van der Waals surface area contributed by atoms with E-state index in [9.17, 15) is 16.8 Å². The van der Waals surface area contributed by atoms with E-state index in [1.165, 1.54) is 18.2 Å². The molecule has 6 nitrogen and oxygen atoms in total. The molecule has 114 valence electrons. The van der Waals surface area contributed by atoms with Gasteiger partial charge in [-0.3, -0.25) is 8.74 Å². The zero-order valence-electron chi connectivity index (χ0n) is 11.1. The minimum atomic E-state index is -3.67. The third-order valence-corrected chi connectivity index (χ3v) is 4.06. The van der Waals surface area contributed by atoms with Crippen molar-refractivity contribution in [2.24, 2.45) is 0 Å². The predicted octanol–water partition coefficient (Wildman–Crippen LogP) is 1.86. The molecule has 0 heterocycles. The Balaban J connectivity index is 0.000000441. The van der Waals surface area contributed by atoms with Crippen LogP contribution >= 0.6 is 0 Å². The van der Waals surface area contributed by atoms with Crippen molar-refractivity contribution in [3.05, 3.63) is 43.0 Å². The van der Waals surface area contributed by atoms with Crippen LogP contribution in [-0.2, 0) is 24.4 Å². The maximum absolute atomic E-state index is 11.3. The molecule has 1 N–H and O–H groups in total. The molecule has 0 aromatic heterocycles. The van der Waals surface area contributed by atoms with E-state index in [4.69, 9.17) is 4.55 Å². The fraction of sp³-hybridized carbons (Fsp3) is 0.333. The van der Waals surface area contributed by atoms with Gasteiger partial charge in [-0.25, -0.2) is 0 Å². The van der Waals surface area contributed by atoms with Gasteiger partial charge in [-0.1, -0.05) is 31.2 Å². The predicted molar refractivity (Wildman–Crippen MR) is 76.5 cm³/mol. The molecule has 20 heavy (non-hydrogen) atoms. The fourth-order valence-electron chi connectivity index (χ4n) is 1.05. The van der Waals surface area contributed by atoms with Crippen molar-refractivity contribution < 1.29 is 25.6 Å². The second-order valence-corrected chi connectivity index (χ2v) is 6.81. The highest BCUT2D eigenvalue weighted by molar-refractivity contribution is 7.86. The largest absolute Gasteiger partial charge is 0.297 e. The topological polar surface area (TPSA) is 97.7 Å². The summed E-state index contributed by atoms with van der Waals surface area (Å²) in [5, 5.41) is 0. The van der Waals surface area contributed by atoms with Crippen LogP contribution in [0.4, 0.5) is 0 Å². The van der Waals surface area contributed by atoms with E-state index in [1.807, 2.05) is 0 Å². The molecule has 0 radical (unpaired) electrons. The van der Waals surface area contributed by atoms with Crippen LogP contribution in [0.5, 0.6) is 0 Å². The summed E-state index contributed by atoms with van der Waals surface area (Å²) in [6.07, 6.45) is 1.86. The van der Waals surface area contributed by atoms with E-state index in [2.05, 4.69) is 10.8 Å². The second-order valence-electron chi connectivity index (χ2n) is 3.63. The van der Waals surface area contributed by atoms with Crippen LogP contribution in [0.2, 0.25) is 0 Å². The van der Waals surface area contributed by atoms with E-state index in [0.717, 1.165) is 0 Å². The van der Waals surface area contributed by atoms with Crippen LogP contribution in [0.15, 0.2) is 47.9 Å². The second kappa shape index (κ2) is 8.85. The van der Waals surface area contributed by atoms with E-state index >= 15 is 0 Å². The highest BCUT2D eigenvalue weighted by Crippen LogP contribution is 2.10. The Bertz CT molecular complexity index is 590. The van der Waals surface area contributed by atoms with Crippen molar-refractivity contribution >= 4 is 20.2 Å². The van der Waals surface area contributed by atoms with Crippen molar-refractivity contribution in [1.82, 2.24) is 0 Å². The van der Waals surface area contributed by atoms with Crippen LogP contribution in [0, 0.1) is 0 Å². The van der Waals surface area contributed by atoms with E-state index < -0.39 is 20.2 Å². The summed E-state index contributed by atoms with van der Waals surface area (Å²) in [5.41, 5.74) is 0. The molecule has 0 saturated heterocycles. The van der Waals surface area contributed by atoms with Crippen molar-refractivity contribution in [2.45, 2.75) is 18.2 Å². The van der Waals surface area contributed by atoms with E-state index in [1.54, 1.807) is 25.1 Å².